The van der Waals surface area contributed by atoms with Gasteiger partial charge >= 0.3 is 0 Å². The van der Waals surface area contributed by atoms with Crippen LogP contribution in [-0.2, 0) is 4.74 Å². The van der Waals surface area contributed by atoms with Crippen molar-refractivity contribution in [2.45, 2.75) is 25.0 Å². The van der Waals surface area contributed by atoms with Crippen LogP contribution in [0.25, 0.3) is 11.0 Å². The zero-order chi connectivity index (χ0) is 11.2. The lowest BCUT2D eigenvalue weighted by Gasteiger charge is -2.33. The number of rotatable bonds is 1. The number of anilines is 1. The molecule has 5 heteroatoms. The van der Waals surface area contributed by atoms with Crippen molar-refractivity contribution in [3.63, 3.8) is 0 Å². The van der Waals surface area contributed by atoms with Crippen molar-refractivity contribution >= 4 is 16.7 Å². The summed E-state index contributed by atoms with van der Waals surface area (Å²) in [6, 6.07) is 2.15. The van der Waals surface area contributed by atoms with Crippen LogP contribution in [0.3, 0.4) is 0 Å². The highest BCUT2D eigenvalue weighted by molar-refractivity contribution is 5.77. The highest BCUT2D eigenvalue weighted by Gasteiger charge is 2.33. The van der Waals surface area contributed by atoms with Gasteiger partial charge in [-0.2, -0.15) is 5.10 Å². The molecule has 2 aromatic heterocycles. The smallest absolute Gasteiger partial charge is 0.155 e. The summed E-state index contributed by atoms with van der Waals surface area (Å²) in [6.45, 7) is 1.98. The number of ether oxygens (including phenoxy) is 1. The van der Waals surface area contributed by atoms with Crippen molar-refractivity contribution in [2.24, 2.45) is 0 Å². The van der Waals surface area contributed by atoms with Crippen LogP contribution in [0.15, 0.2) is 18.5 Å². The molecule has 2 atom stereocenters. The number of H-pyrrole nitrogens is 1. The highest BCUT2D eigenvalue weighted by Crippen LogP contribution is 2.30. The van der Waals surface area contributed by atoms with Crippen LogP contribution < -0.4 is 4.90 Å². The van der Waals surface area contributed by atoms with E-state index in [9.17, 15) is 0 Å². The first-order valence-electron chi connectivity index (χ1n) is 6.08. The Morgan fingerprint density at radius 3 is 2.88 bits per heavy atom. The molecule has 2 aromatic rings. The fourth-order valence-electron chi connectivity index (χ4n) is 2.82. The molecule has 2 bridgehead atoms. The minimum Gasteiger partial charge on any atom is -0.371 e. The van der Waals surface area contributed by atoms with Gasteiger partial charge in [-0.3, -0.25) is 5.10 Å². The minimum atomic E-state index is 0.411. The molecule has 0 spiro atoms. The molecule has 88 valence electrons. The number of aromatic amines is 1. The number of aromatic nitrogens is 3. The molecule has 2 fully saturated rings. The lowest BCUT2D eigenvalue weighted by molar-refractivity contribution is 0.0305. The first kappa shape index (κ1) is 9.41. The Bertz CT molecular complexity index is 540. The first-order valence-corrected chi connectivity index (χ1v) is 6.08. The number of pyridine rings is 1. The lowest BCUT2D eigenvalue weighted by Crippen LogP contribution is -2.42. The molecule has 0 saturated carbocycles. The number of nitrogens with zero attached hydrogens (tertiary/aromatic N) is 3. The Morgan fingerprint density at radius 2 is 2.06 bits per heavy atom. The van der Waals surface area contributed by atoms with Crippen molar-refractivity contribution in [3.8, 4) is 0 Å². The predicted molar refractivity (Wildman–Crippen MR) is 64.0 cm³/mol. The SMILES string of the molecule is c1nc2[nH]ncc2cc1N1CC2CCC(C1)O2. The number of morpholine rings is 1. The maximum absolute atomic E-state index is 5.84. The van der Waals surface area contributed by atoms with Gasteiger partial charge in [0.1, 0.15) is 0 Å². The molecule has 0 aromatic carbocycles. The van der Waals surface area contributed by atoms with Crippen molar-refractivity contribution in [2.75, 3.05) is 18.0 Å². The second-order valence-electron chi connectivity index (χ2n) is 4.86. The molecule has 2 saturated heterocycles. The zero-order valence-corrected chi connectivity index (χ0v) is 9.47. The summed E-state index contributed by atoms with van der Waals surface area (Å²) in [5, 5.41) is 7.95. The molecule has 17 heavy (non-hydrogen) atoms. The van der Waals surface area contributed by atoms with Gasteiger partial charge in [0.25, 0.3) is 0 Å². The number of fused-ring (bicyclic) bond motifs is 3. The monoisotopic (exact) mass is 230 g/mol. The van der Waals surface area contributed by atoms with E-state index in [1.807, 2.05) is 12.4 Å². The van der Waals surface area contributed by atoms with Crippen LogP contribution in [0.1, 0.15) is 12.8 Å². The second-order valence-corrected chi connectivity index (χ2v) is 4.86. The van der Waals surface area contributed by atoms with Gasteiger partial charge in [0.05, 0.1) is 30.3 Å². The van der Waals surface area contributed by atoms with Crippen LogP contribution in [-0.4, -0.2) is 40.5 Å². The summed E-state index contributed by atoms with van der Waals surface area (Å²) in [5.74, 6) is 0. The molecule has 1 N–H and O–H groups in total. The van der Waals surface area contributed by atoms with Crippen LogP contribution in [0.2, 0.25) is 0 Å². The lowest BCUT2D eigenvalue weighted by atomic mass is 10.2. The van der Waals surface area contributed by atoms with Gasteiger partial charge in [0.2, 0.25) is 0 Å². The molecule has 2 unspecified atom stereocenters. The summed E-state index contributed by atoms with van der Waals surface area (Å²) < 4.78 is 5.84. The number of hydrogen-bond donors (Lipinski definition) is 1. The second kappa shape index (κ2) is 3.43. The Hall–Kier alpha value is -1.62. The van der Waals surface area contributed by atoms with Gasteiger partial charge in [-0.05, 0) is 18.9 Å². The molecule has 5 nitrogen and oxygen atoms in total. The van der Waals surface area contributed by atoms with E-state index in [-0.39, 0.29) is 0 Å². The third kappa shape index (κ3) is 1.50. The van der Waals surface area contributed by atoms with Gasteiger partial charge in [0, 0.05) is 18.5 Å². The maximum Gasteiger partial charge on any atom is 0.155 e. The average molecular weight is 230 g/mol. The van der Waals surface area contributed by atoms with Gasteiger partial charge in [-0.25, -0.2) is 4.98 Å². The van der Waals surface area contributed by atoms with Gasteiger partial charge < -0.3 is 9.64 Å². The molecule has 2 aliphatic heterocycles. The highest BCUT2D eigenvalue weighted by atomic mass is 16.5. The number of nitrogens with one attached hydrogen (secondary N) is 1. The quantitative estimate of drug-likeness (QED) is 0.803. The normalized spacial score (nSPS) is 27.9. The fraction of sp³-hybridized carbons (Fsp3) is 0.500. The minimum absolute atomic E-state index is 0.411. The zero-order valence-electron chi connectivity index (χ0n) is 9.47. The van der Waals surface area contributed by atoms with E-state index in [1.165, 1.54) is 18.5 Å². The predicted octanol–water partition coefficient (Wildman–Crippen LogP) is 1.33. The summed E-state index contributed by atoms with van der Waals surface area (Å²) >= 11 is 0. The molecule has 0 aliphatic carbocycles. The largest absolute Gasteiger partial charge is 0.371 e. The third-order valence-electron chi connectivity index (χ3n) is 3.69. The Labute approximate surface area is 98.8 Å². The summed E-state index contributed by atoms with van der Waals surface area (Å²) in [6.07, 6.45) is 6.96. The molecule has 2 aliphatic rings. The van der Waals surface area contributed by atoms with E-state index < -0.39 is 0 Å². The summed E-state index contributed by atoms with van der Waals surface area (Å²) in [7, 11) is 0. The third-order valence-corrected chi connectivity index (χ3v) is 3.69. The molecule has 4 rings (SSSR count). The van der Waals surface area contributed by atoms with Gasteiger partial charge in [-0.1, -0.05) is 0 Å². The van der Waals surface area contributed by atoms with Gasteiger partial charge in [-0.15, -0.1) is 0 Å². The van der Waals surface area contributed by atoms with Crippen LogP contribution in [0.5, 0.6) is 0 Å². The van der Waals surface area contributed by atoms with Crippen LogP contribution in [0.4, 0.5) is 5.69 Å². The first-order chi connectivity index (χ1) is 8.38. The molecule has 0 radical (unpaired) electrons. The Balaban J connectivity index is 1.69. The standard InChI is InChI=1S/C12H14N4O/c1-2-11-7-16(6-10(1)17-11)9-3-8-4-14-15-12(8)13-5-9/h3-5,10-11H,1-2,6-7H2,(H,13,14,15). The van der Waals surface area contributed by atoms with Crippen molar-refractivity contribution in [3.05, 3.63) is 18.5 Å². The van der Waals surface area contributed by atoms with Crippen molar-refractivity contribution < 1.29 is 4.74 Å². The molecular formula is C12H14N4O. The summed E-state index contributed by atoms with van der Waals surface area (Å²) in [5.41, 5.74) is 2.03. The topological polar surface area (TPSA) is 54.0 Å². The van der Waals surface area contributed by atoms with Crippen molar-refractivity contribution in [1.82, 2.24) is 15.2 Å². The summed E-state index contributed by atoms with van der Waals surface area (Å²) in [4.78, 5) is 6.77. The molecule has 4 heterocycles. The van der Waals surface area contributed by atoms with E-state index in [0.29, 0.717) is 12.2 Å². The van der Waals surface area contributed by atoms with Crippen LogP contribution >= 0.6 is 0 Å². The average Bonchev–Trinajstić information content (AvgIpc) is 2.94. The van der Waals surface area contributed by atoms with Crippen LogP contribution in [0, 0.1) is 0 Å². The maximum atomic E-state index is 5.84. The Kier molecular flexibility index (Phi) is 1.90. The van der Waals surface area contributed by atoms with Crippen molar-refractivity contribution in [1.29, 1.82) is 0 Å². The van der Waals surface area contributed by atoms with E-state index in [0.717, 1.165) is 24.1 Å². The van der Waals surface area contributed by atoms with E-state index in [1.54, 1.807) is 0 Å². The fourth-order valence-corrected chi connectivity index (χ4v) is 2.82. The van der Waals surface area contributed by atoms with E-state index in [2.05, 4.69) is 26.1 Å². The van der Waals surface area contributed by atoms with E-state index >= 15 is 0 Å². The number of hydrogen-bond acceptors (Lipinski definition) is 4. The van der Waals surface area contributed by atoms with Gasteiger partial charge in [0.15, 0.2) is 5.65 Å². The molecular weight excluding hydrogens is 216 g/mol. The Morgan fingerprint density at radius 1 is 1.24 bits per heavy atom. The van der Waals surface area contributed by atoms with E-state index in [4.69, 9.17) is 4.74 Å². The molecule has 0 amide bonds.